The summed E-state index contributed by atoms with van der Waals surface area (Å²) in [5, 5.41) is 7.69. The lowest BCUT2D eigenvalue weighted by Crippen LogP contribution is -2.33. The highest BCUT2D eigenvalue weighted by Crippen LogP contribution is 2.51. The third-order valence-electron chi connectivity index (χ3n) is 7.27. The number of aromatic nitrogens is 9. The van der Waals surface area contributed by atoms with Crippen LogP contribution in [0.4, 0.5) is 16.2 Å². The van der Waals surface area contributed by atoms with Crippen molar-refractivity contribution in [2.24, 2.45) is 0 Å². The zero-order valence-corrected chi connectivity index (χ0v) is 24.6. The summed E-state index contributed by atoms with van der Waals surface area (Å²) in [6.07, 6.45) is -7.50. The molecule has 1 unspecified atom stereocenters. The van der Waals surface area contributed by atoms with Crippen LogP contribution in [0.1, 0.15) is 25.3 Å². The molecule has 0 saturated carbocycles. The molecule has 7 heterocycles. The molecule has 0 amide bonds. The molecule has 6 N–H and O–H groups in total. The predicted octanol–water partition coefficient (Wildman–Crippen LogP) is -1.22. The van der Waals surface area contributed by atoms with Crippen molar-refractivity contribution in [2.75, 3.05) is 23.8 Å². The molecule has 3 aliphatic rings. The van der Waals surface area contributed by atoms with Crippen LogP contribution in [0.5, 0.6) is 0 Å². The number of halogens is 1. The van der Waals surface area contributed by atoms with E-state index in [1.165, 1.54) is 17.2 Å². The Morgan fingerprint density at radius 1 is 1.14 bits per heavy atom. The second-order valence-electron chi connectivity index (χ2n) is 10.2. The van der Waals surface area contributed by atoms with Gasteiger partial charge in [-0.15, -0.1) is 5.10 Å². The van der Waals surface area contributed by atoms with Gasteiger partial charge >= 0.3 is 6.72 Å². The molecule has 3 saturated heterocycles. The van der Waals surface area contributed by atoms with E-state index in [1.807, 2.05) is 0 Å². The van der Waals surface area contributed by atoms with Gasteiger partial charge in [0.2, 0.25) is 5.95 Å². The normalized spacial score (nSPS) is 34.4. The third kappa shape index (κ3) is 5.22. The number of H-pyrrole nitrogens is 1. The van der Waals surface area contributed by atoms with Crippen LogP contribution in [-0.4, -0.2) is 101 Å². The van der Waals surface area contributed by atoms with E-state index < -0.39 is 77.8 Å². The Kier molecular flexibility index (Phi) is 7.13. The Bertz CT molecular complexity index is 1980. The fraction of sp³-hybridized carbons (Fsp3) is 0.550. The van der Waals surface area contributed by atoms with Crippen molar-refractivity contribution in [1.82, 2.24) is 44.5 Å². The molecular weight excluding hydrogens is 652 g/mol. The maximum absolute atomic E-state index is 16.0. The Labute approximate surface area is 250 Å². The Balaban J connectivity index is 1.19. The fourth-order valence-corrected chi connectivity index (χ4v) is 7.97. The van der Waals surface area contributed by atoms with Crippen LogP contribution >= 0.6 is 6.72 Å². The van der Waals surface area contributed by atoms with Crippen molar-refractivity contribution in [3.05, 3.63) is 23.0 Å². The number of hydrogen-bond donors (Lipinski definition) is 4. The van der Waals surface area contributed by atoms with E-state index in [2.05, 4.69) is 35.2 Å². The van der Waals surface area contributed by atoms with Crippen molar-refractivity contribution in [3.63, 3.8) is 0 Å². The molecule has 20 nitrogen and oxygen atoms in total. The van der Waals surface area contributed by atoms with Gasteiger partial charge in [0.1, 0.15) is 24.1 Å². The van der Waals surface area contributed by atoms with E-state index >= 15 is 4.39 Å². The monoisotopic (exact) mass is 675 g/mol. The van der Waals surface area contributed by atoms with Crippen molar-refractivity contribution >= 4 is 62.7 Å². The Morgan fingerprint density at radius 2 is 1.95 bits per heavy atom. The van der Waals surface area contributed by atoms with Gasteiger partial charge in [-0.25, -0.2) is 19.3 Å². The molecule has 0 aromatic carbocycles. The molecule has 24 heteroatoms. The SMILES string of the molecule is Nc1nc2c(nnn2[C@@H]2O[C@@H]3COP(O)(=S)O[C@H]4[C@H](F)[C@H](n5cnc6c(N)ncnc65)O[C@@H]4CCS(=O)(=O)O[C@@H]2C3)c(=O)[nH]1. The first-order chi connectivity index (χ1) is 20.9. The first-order valence-electron chi connectivity index (χ1n) is 12.9. The van der Waals surface area contributed by atoms with Gasteiger partial charge in [-0.2, -0.15) is 18.1 Å². The van der Waals surface area contributed by atoms with Crippen LogP contribution in [0.25, 0.3) is 22.3 Å². The maximum atomic E-state index is 16.0. The van der Waals surface area contributed by atoms with Gasteiger partial charge in [0.25, 0.3) is 15.7 Å². The molecule has 44 heavy (non-hydrogen) atoms. The number of ether oxygens (including phenoxy) is 2. The number of fused-ring (bicyclic) bond motifs is 5. The number of alkyl halides is 1. The van der Waals surface area contributed by atoms with E-state index in [-0.39, 0.29) is 46.9 Å². The minimum absolute atomic E-state index is 0.0588. The Hall–Kier alpha value is -3.28. The van der Waals surface area contributed by atoms with Crippen LogP contribution in [0.3, 0.4) is 0 Å². The Morgan fingerprint density at radius 3 is 2.77 bits per heavy atom. The van der Waals surface area contributed by atoms with Crippen LogP contribution < -0.4 is 17.0 Å². The van der Waals surface area contributed by atoms with E-state index in [1.54, 1.807) is 0 Å². The van der Waals surface area contributed by atoms with E-state index in [0.717, 1.165) is 4.68 Å². The largest absolute Gasteiger partial charge is 0.382 e. The standard InChI is InChI=1S/C20H23FN11O9PS2/c21-10-13-8(39-19(10)31-6-26-11-14(22)24-5-25-15(11)31)1-2-44(35,36)41-9-3-7(4-37-42(34,43)40-13)38-18(9)32-16-12(29-30-32)17(33)28-20(23)27-16/h5-10,13,18-19H,1-4H2,(H,34,43)(H2,22,24,25)(H3,23,27,28,33)/t7-,8+,9+,10-,13+,18+,19+,42?/m0/s1. The smallest absolute Gasteiger partial charge is 0.325 e. The van der Waals surface area contributed by atoms with Gasteiger partial charge in [0.15, 0.2) is 41.3 Å². The minimum Gasteiger partial charge on any atom is -0.382 e. The van der Waals surface area contributed by atoms with E-state index in [4.69, 9.17) is 46.0 Å². The number of nitrogens with zero attached hydrogens (tertiary/aromatic N) is 8. The van der Waals surface area contributed by atoms with Gasteiger partial charge < -0.3 is 30.4 Å². The zero-order valence-electron chi connectivity index (χ0n) is 22.1. The zero-order chi connectivity index (χ0) is 31.0. The molecule has 0 radical (unpaired) electrons. The predicted molar refractivity (Wildman–Crippen MR) is 148 cm³/mol. The van der Waals surface area contributed by atoms with E-state index in [0.29, 0.717) is 0 Å². The van der Waals surface area contributed by atoms with Crippen molar-refractivity contribution in [2.45, 2.75) is 55.9 Å². The fourth-order valence-electron chi connectivity index (χ4n) is 5.34. The van der Waals surface area contributed by atoms with Gasteiger partial charge in [-0.05, 0) is 18.2 Å². The topological polar surface area (TPSA) is 273 Å². The number of nitrogens with one attached hydrogen (secondary N) is 1. The molecule has 3 fully saturated rings. The van der Waals surface area contributed by atoms with Gasteiger partial charge in [-0.3, -0.25) is 23.1 Å². The van der Waals surface area contributed by atoms with E-state index in [9.17, 15) is 18.1 Å². The minimum atomic E-state index is -4.34. The number of nitrogens with two attached hydrogens (primary N) is 2. The number of hydrogen-bond acceptors (Lipinski definition) is 17. The van der Waals surface area contributed by atoms with Gasteiger partial charge in [0, 0.05) is 6.42 Å². The summed E-state index contributed by atoms with van der Waals surface area (Å²) in [4.78, 5) is 41.5. The summed E-state index contributed by atoms with van der Waals surface area (Å²) in [7, 11) is -4.34. The number of imidazole rings is 1. The molecule has 8 atom stereocenters. The van der Waals surface area contributed by atoms with Crippen LogP contribution in [0, 0.1) is 0 Å². The summed E-state index contributed by atoms with van der Waals surface area (Å²) >= 11 is 5.18. The van der Waals surface area contributed by atoms with Gasteiger partial charge in [-0.1, -0.05) is 5.21 Å². The molecule has 2 bridgehead atoms. The second-order valence-corrected chi connectivity index (χ2v) is 14.7. The van der Waals surface area contributed by atoms with Crippen LogP contribution in [0.15, 0.2) is 17.4 Å². The number of rotatable bonds is 2. The second kappa shape index (κ2) is 10.7. The molecule has 4 aromatic heterocycles. The summed E-state index contributed by atoms with van der Waals surface area (Å²) in [6.45, 7) is -4.55. The summed E-state index contributed by atoms with van der Waals surface area (Å²) in [6, 6.07) is 0. The summed E-state index contributed by atoms with van der Waals surface area (Å²) in [5.74, 6) is -0.823. The van der Waals surface area contributed by atoms with Crippen molar-refractivity contribution < 1.29 is 40.4 Å². The summed E-state index contributed by atoms with van der Waals surface area (Å²) in [5.41, 5.74) is 11.0. The first-order valence-corrected chi connectivity index (χ1v) is 17.1. The molecule has 0 spiro atoms. The van der Waals surface area contributed by atoms with Crippen LogP contribution in [-0.2, 0) is 44.6 Å². The lowest BCUT2D eigenvalue weighted by molar-refractivity contribution is -0.0516. The average Bonchev–Trinajstić information content (AvgIpc) is 3.72. The number of anilines is 2. The number of aromatic amines is 1. The van der Waals surface area contributed by atoms with Crippen LogP contribution in [0.2, 0.25) is 0 Å². The summed E-state index contributed by atoms with van der Waals surface area (Å²) < 4.78 is 73.2. The number of nitrogen functional groups attached to an aromatic ring is 2. The molecular formula is C20H23FN11O9PS2. The lowest BCUT2D eigenvalue weighted by Gasteiger charge is -2.25. The first kappa shape index (κ1) is 29.4. The van der Waals surface area contributed by atoms with Gasteiger partial charge in [0.05, 0.1) is 30.9 Å². The average molecular weight is 676 g/mol. The third-order valence-corrected chi connectivity index (χ3v) is 10.1. The maximum Gasteiger partial charge on any atom is 0.325 e. The lowest BCUT2D eigenvalue weighted by atomic mass is 10.1. The molecule has 3 aliphatic heterocycles. The van der Waals surface area contributed by atoms with Crippen molar-refractivity contribution in [1.29, 1.82) is 0 Å². The molecule has 4 aromatic rings. The molecule has 7 rings (SSSR count). The highest BCUT2D eigenvalue weighted by Gasteiger charge is 2.51. The molecule has 236 valence electrons. The highest BCUT2D eigenvalue weighted by molar-refractivity contribution is 8.07. The quantitative estimate of drug-likeness (QED) is 0.143. The molecule has 0 aliphatic carbocycles. The van der Waals surface area contributed by atoms with Crippen molar-refractivity contribution in [3.8, 4) is 0 Å². The highest BCUT2D eigenvalue weighted by atomic mass is 32.5.